The highest BCUT2D eigenvalue weighted by Gasteiger charge is 2.10. The third-order valence-corrected chi connectivity index (χ3v) is 3.82. The van der Waals surface area contributed by atoms with Gasteiger partial charge >= 0.3 is 0 Å². The molecule has 1 heterocycles. The van der Waals surface area contributed by atoms with E-state index in [-0.39, 0.29) is 0 Å². The molecule has 0 saturated heterocycles. The summed E-state index contributed by atoms with van der Waals surface area (Å²) in [6.45, 7) is 2.96. The average molecular weight is 323 g/mol. The van der Waals surface area contributed by atoms with Crippen LogP contribution in [0.15, 0.2) is 41.0 Å². The molecule has 1 atom stereocenters. The summed E-state index contributed by atoms with van der Waals surface area (Å²) in [5.74, 6) is 0.917. The van der Waals surface area contributed by atoms with Crippen molar-refractivity contribution in [2.75, 3.05) is 14.2 Å². The summed E-state index contributed by atoms with van der Waals surface area (Å²) in [4.78, 5) is 0. The number of nitrogens with zero attached hydrogens (tertiary/aromatic N) is 1. The number of benzene rings is 1. The molecule has 0 radical (unpaired) electrons. The van der Waals surface area contributed by atoms with Crippen molar-refractivity contribution in [3.63, 3.8) is 0 Å². The van der Waals surface area contributed by atoms with E-state index in [1.807, 2.05) is 19.2 Å². The number of rotatable bonds is 5. The van der Waals surface area contributed by atoms with Crippen molar-refractivity contribution in [3.8, 4) is 5.75 Å². The van der Waals surface area contributed by atoms with Crippen LogP contribution in [0.1, 0.15) is 24.2 Å². The third-order valence-electron chi connectivity index (χ3n) is 3.32. The maximum absolute atomic E-state index is 5.43. The van der Waals surface area contributed by atoms with Crippen molar-refractivity contribution in [3.05, 3.63) is 52.3 Å². The largest absolute Gasteiger partial charge is 0.496 e. The first-order chi connectivity index (χ1) is 9.15. The highest BCUT2D eigenvalue weighted by atomic mass is 79.9. The Bertz CT molecular complexity index is 551. The standard InChI is InChI=1S/C15H19BrN2O/c1-11(17-2)14-5-4-8-18(14)10-12-9-13(16)6-7-15(12)19-3/h4-9,11,17H,10H2,1-3H3. The fraction of sp³-hybridized carbons (Fsp3) is 0.333. The summed E-state index contributed by atoms with van der Waals surface area (Å²) in [6.07, 6.45) is 2.10. The van der Waals surface area contributed by atoms with Gasteiger partial charge in [-0.15, -0.1) is 0 Å². The summed E-state index contributed by atoms with van der Waals surface area (Å²) < 4.78 is 8.74. The van der Waals surface area contributed by atoms with Gasteiger partial charge in [-0.2, -0.15) is 0 Å². The van der Waals surface area contributed by atoms with Gasteiger partial charge in [-0.05, 0) is 44.3 Å². The fourth-order valence-corrected chi connectivity index (χ4v) is 2.57. The zero-order valence-electron chi connectivity index (χ0n) is 11.5. The van der Waals surface area contributed by atoms with Crippen molar-refractivity contribution < 1.29 is 4.74 Å². The summed E-state index contributed by atoms with van der Waals surface area (Å²) in [5.41, 5.74) is 2.43. The number of methoxy groups -OCH3 is 1. The predicted molar refractivity (Wildman–Crippen MR) is 81.7 cm³/mol. The molecule has 3 nitrogen and oxygen atoms in total. The van der Waals surface area contributed by atoms with E-state index in [9.17, 15) is 0 Å². The van der Waals surface area contributed by atoms with Crippen molar-refractivity contribution in [1.82, 2.24) is 9.88 Å². The van der Waals surface area contributed by atoms with Gasteiger partial charge in [-0.1, -0.05) is 15.9 Å². The van der Waals surface area contributed by atoms with Crippen LogP contribution in [-0.4, -0.2) is 18.7 Å². The second kappa shape index (κ2) is 6.26. The second-order valence-electron chi connectivity index (χ2n) is 4.53. The van der Waals surface area contributed by atoms with Crippen LogP contribution in [0.5, 0.6) is 5.75 Å². The van der Waals surface area contributed by atoms with Crippen LogP contribution in [0.25, 0.3) is 0 Å². The maximum Gasteiger partial charge on any atom is 0.123 e. The first-order valence-corrected chi connectivity index (χ1v) is 7.09. The number of ether oxygens (including phenoxy) is 1. The van der Waals surface area contributed by atoms with Gasteiger partial charge in [0, 0.05) is 28.0 Å². The normalized spacial score (nSPS) is 12.4. The second-order valence-corrected chi connectivity index (χ2v) is 5.44. The molecule has 1 aromatic carbocycles. The van der Waals surface area contributed by atoms with Crippen LogP contribution in [0.2, 0.25) is 0 Å². The number of halogens is 1. The van der Waals surface area contributed by atoms with Gasteiger partial charge < -0.3 is 14.6 Å². The lowest BCUT2D eigenvalue weighted by atomic mass is 10.2. The van der Waals surface area contributed by atoms with E-state index in [4.69, 9.17) is 4.74 Å². The lowest BCUT2D eigenvalue weighted by Gasteiger charge is -2.16. The van der Waals surface area contributed by atoms with Gasteiger partial charge in [0.1, 0.15) is 5.75 Å². The van der Waals surface area contributed by atoms with Crippen LogP contribution in [0.3, 0.4) is 0 Å². The van der Waals surface area contributed by atoms with E-state index < -0.39 is 0 Å². The van der Waals surface area contributed by atoms with Gasteiger partial charge in [0.05, 0.1) is 13.7 Å². The first-order valence-electron chi connectivity index (χ1n) is 6.30. The van der Waals surface area contributed by atoms with Crippen molar-refractivity contribution in [2.45, 2.75) is 19.5 Å². The molecule has 0 bridgehead atoms. The smallest absolute Gasteiger partial charge is 0.123 e. The molecule has 0 aliphatic rings. The lowest BCUT2D eigenvalue weighted by Crippen LogP contribution is -2.17. The summed E-state index contributed by atoms with van der Waals surface area (Å²) in [6, 6.07) is 10.6. The topological polar surface area (TPSA) is 26.2 Å². The van der Waals surface area contributed by atoms with Crippen molar-refractivity contribution >= 4 is 15.9 Å². The fourth-order valence-electron chi connectivity index (χ4n) is 2.17. The predicted octanol–water partition coefficient (Wildman–Crippen LogP) is 3.59. The van der Waals surface area contributed by atoms with Gasteiger partial charge in [-0.3, -0.25) is 0 Å². The highest BCUT2D eigenvalue weighted by Crippen LogP contribution is 2.25. The molecule has 0 aliphatic heterocycles. The number of aromatic nitrogens is 1. The van der Waals surface area contributed by atoms with Crippen molar-refractivity contribution in [1.29, 1.82) is 0 Å². The van der Waals surface area contributed by atoms with Crippen LogP contribution >= 0.6 is 15.9 Å². The first kappa shape index (κ1) is 14.2. The SMILES string of the molecule is CNC(C)c1cccn1Cc1cc(Br)ccc1OC. The molecule has 4 heteroatoms. The molecule has 1 unspecified atom stereocenters. The molecule has 0 aliphatic carbocycles. The van der Waals surface area contributed by atoms with Crippen LogP contribution in [0, 0.1) is 0 Å². The Labute approximate surface area is 122 Å². The Morgan fingerprint density at radius 2 is 2.16 bits per heavy atom. The molecule has 2 aromatic rings. The Morgan fingerprint density at radius 3 is 2.84 bits per heavy atom. The zero-order valence-corrected chi connectivity index (χ0v) is 13.1. The molecule has 102 valence electrons. The van der Waals surface area contributed by atoms with E-state index in [1.165, 1.54) is 5.69 Å². The van der Waals surface area contributed by atoms with Crippen LogP contribution < -0.4 is 10.1 Å². The van der Waals surface area contributed by atoms with Gasteiger partial charge in [-0.25, -0.2) is 0 Å². The average Bonchev–Trinajstić information content (AvgIpc) is 2.86. The number of hydrogen-bond donors (Lipinski definition) is 1. The highest BCUT2D eigenvalue weighted by molar-refractivity contribution is 9.10. The van der Waals surface area contributed by atoms with Gasteiger partial charge in [0.15, 0.2) is 0 Å². The Balaban J connectivity index is 2.31. The minimum Gasteiger partial charge on any atom is -0.496 e. The molecule has 1 N–H and O–H groups in total. The van der Waals surface area contributed by atoms with Crippen molar-refractivity contribution in [2.24, 2.45) is 0 Å². The van der Waals surface area contributed by atoms with Crippen LogP contribution in [0.4, 0.5) is 0 Å². The third kappa shape index (κ3) is 3.19. The molecule has 2 rings (SSSR count). The van der Waals surface area contributed by atoms with Crippen LogP contribution in [-0.2, 0) is 6.54 Å². The van der Waals surface area contributed by atoms with E-state index >= 15 is 0 Å². The minimum absolute atomic E-state index is 0.327. The molecule has 0 fully saturated rings. The molecule has 0 amide bonds. The number of nitrogens with one attached hydrogen (secondary N) is 1. The van der Waals surface area contributed by atoms with Gasteiger partial charge in [0.25, 0.3) is 0 Å². The maximum atomic E-state index is 5.43. The molecule has 1 aromatic heterocycles. The molecule has 0 spiro atoms. The Morgan fingerprint density at radius 1 is 1.37 bits per heavy atom. The van der Waals surface area contributed by atoms with E-state index in [0.29, 0.717) is 6.04 Å². The Kier molecular flexibility index (Phi) is 4.66. The van der Waals surface area contributed by atoms with E-state index in [2.05, 4.69) is 57.1 Å². The zero-order chi connectivity index (χ0) is 13.8. The monoisotopic (exact) mass is 322 g/mol. The molecular weight excluding hydrogens is 304 g/mol. The van der Waals surface area contributed by atoms with Gasteiger partial charge in [0.2, 0.25) is 0 Å². The van der Waals surface area contributed by atoms with E-state index in [1.54, 1.807) is 7.11 Å². The minimum atomic E-state index is 0.327. The Hall–Kier alpha value is -1.26. The molecule has 19 heavy (non-hydrogen) atoms. The number of hydrogen-bond acceptors (Lipinski definition) is 2. The summed E-state index contributed by atoms with van der Waals surface area (Å²) in [7, 11) is 3.68. The quantitative estimate of drug-likeness (QED) is 0.910. The molecular formula is C15H19BrN2O. The van der Waals surface area contributed by atoms with E-state index in [0.717, 1.165) is 22.3 Å². The summed E-state index contributed by atoms with van der Waals surface area (Å²) >= 11 is 3.51. The molecule has 0 saturated carbocycles. The lowest BCUT2D eigenvalue weighted by molar-refractivity contribution is 0.407. The summed E-state index contributed by atoms with van der Waals surface area (Å²) in [5, 5.41) is 3.27.